The van der Waals surface area contributed by atoms with E-state index in [9.17, 15) is 14.3 Å². The number of carbonyl (C=O) groups is 1. The van der Waals surface area contributed by atoms with Gasteiger partial charge in [-0.3, -0.25) is 4.79 Å². The molecule has 1 aromatic heterocycles. The summed E-state index contributed by atoms with van der Waals surface area (Å²) in [4.78, 5) is 18.6. The predicted molar refractivity (Wildman–Crippen MR) is 123 cm³/mol. The van der Waals surface area contributed by atoms with Crippen LogP contribution >= 0.6 is 11.6 Å². The summed E-state index contributed by atoms with van der Waals surface area (Å²) in [5.74, 6) is -0.168. The fraction of sp³-hybridized carbons (Fsp3) is 0.360. The third-order valence-electron chi connectivity index (χ3n) is 6.75. The van der Waals surface area contributed by atoms with Gasteiger partial charge < -0.3 is 19.3 Å². The highest BCUT2D eigenvalue weighted by Gasteiger charge is 2.34. The minimum absolute atomic E-state index is 0.0394. The van der Waals surface area contributed by atoms with Crippen molar-refractivity contribution >= 4 is 17.5 Å². The molecule has 33 heavy (non-hydrogen) atoms. The third kappa shape index (κ3) is 4.35. The van der Waals surface area contributed by atoms with Gasteiger partial charge in [-0.25, -0.2) is 9.37 Å². The van der Waals surface area contributed by atoms with Crippen LogP contribution < -0.4 is 4.74 Å². The predicted octanol–water partition coefficient (Wildman–Crippen LogP) is 4.31. The number of benzene rings is 2. The van der Waals surface area contributed by atoms with Crippen LogP contribution in [0.5, 0.6) is 5.75 Å². The highest BCUT2D eigenvalue weighted by Crippen LogP contribution is 2.42. The number of hydrogen-bond acceptors (Lipinski definition) is 4. The van der Waals surface area contributed by atoms with Gasteiger partial charge in [0.2, 0.25) is 0 Å². The Labute approximate surface area is 196 Å². The lowest BCUT2D eigenvalue weighted by Gasteiger charge is -2.35. The monoisotopic (exact) mass is 469 g/mol. The van der Waals surface area contributed by atoms with Crippen molar-refractivity contribution < 1.29 is 19.0 Å². The molecule has 1 N–H and O–H groups in total. The molecular formula is C25H25ClFN3O3. The number of halogens is 2. The maximum Gasteiger partial charge on any atom is 0.260 e. The lowest BCUT2D eigenvalue weighted by molar-refractivity contribution is -0.135. The molecule has 6 nitrogen and oxygen atoms in total. The number of hydrogen-bond donors (Lipinski definition) is 1. The van der Waals surface area contributed by atoms with E-state index in [0.29, 0.717) is 25.3 Å². The Kier molecular flexibility index (Phi) is 6.08. The molecule has 2 atom stereocenters. The van der Waals surface area contributed by atoms with E-state index in [4.69, 9.17) is 16.3 Å². The Morgan fingerprint density at radius 2 is 2.03 bits per heavy atom. The van der Waals surface area contributed by atoms with E-state index in [0.717, 1.165) is 18.5 Å². The average molecular weight is 470 g/mol. The number of imidazole rings is 1. The van der Waals surface area contributed by atoms with Gasteiger partial charge in [-0.05, 0) is 42.9 Å². The number of nitrogens with zero attached hydrogens (tertiary/aromatic N) is 3. The number of fused-ring (bicyclic) bond motifs is 3. The van der Waals surface area contributed by atoms with Crippen molar-refractivity contribution in [3.63, 3.8) is 0 Å². The highest BCUT2D eigenvalue weighted by molar-refractivity contribution is 6.30. The number of aromatic nitrogens is 2. The Morgan fingerprint density at radius 1 is 1.24 bits per heavy atom. The molecule has 2 aliphatic rings. The topological polar surface area (TPSA) is 67.6 Å². The minimum atomic E-state index is -0.527. The molecule has 5 rings (SSSR count). The first-order valence-electron chi connectivity index (χ1n) is 11.2. The minimum Gasteiger partial charge on any atom is -0.484 e. The lowest BCUT2D eigenvalue weighted by Crippen LogP contribution is -2.43. The van der Waals surface area contributed by atoms with Crippen LogP contribution in [0.3, 0.4) is 0 Å². The number of carbonyl (C=O) groups excluding carboxylic acids is 1. The zero-order valence-electron chi connectivity index (χ0n) is 18.0. The van der Waals surface area contributed by atoms with Gasteiger partial charge >= 0.3 is 0 Å². The van der Waals surface area contributed by atoms with Gasteiger partial charge in [0.25, 0.3) is 5.91 Å². The second-order valence-electron chi connectivity index (χ2n) is 8.68. The summed E-state index contributed by atoms with van der Waals surface area (Å²) in [5.41, 5.74) is 3.49. The molecule has 1 amide bonds. The van der Waals surface area contributed by atoms with Crippen LogP contribution in [0.2, 0.25) is 5.02 Å². The summed E-state index contributed by atoms with van der Waals surface area (Å²) in [6.45, 7) is 1.02. The van der Waals surface area contributed by atoms with Gasteiger partial charge in [-0.15, -0.1) is 0 Å². The van der Waals surface area contributed by atoms with Crippen LogP contribution in [0.15, 0.2) is 55.0 Å². The first-order valence-corrected chi connectivity index (χ1v) is 11.5. The molecule has 1 saturated heterocycles. The molecule has 0 bridgehead atoms. The molecule has 0 spiro atoms. The highest BCUT2D eigenvalue weighted by atomic mass is 35.5. The molecule has 2 unspecified atom stereocenters. The van der Waals surface area contributed by atoms with Crippen molar-refractivity contribution in [2.24, 2.45) is 5.92 Å². The van der Waals surface area contributed by atoms with Crippen LogP contribution in [-0.4, -0.2) is 51.3 Å². The van der Waals surface area contributed by atoms with Crippen molar-refractivity contribution in [1.29, 1.82) is 0 Å². The fourth-order valence-electron chi connectivity index (χ4n) is 4.93. The van der Waals surface area contributed by atoms with E-state index < -0.39 is 11.9 Å². The molecule has 0 radical (unpaired) electrons. The zero-order chi connectivity index (χ0) is 22.9. The standard InChI is InChI=1S/C25H25ClFN3O3/c26-20-11-17(5-6-21(20)27)33-14-25(32)29-9-7-16(8-10-29)24(31)12-22-18-3-1-2-4-19(18)23-13-28-15-30(22)23/h1-6,11,13,15-16,22,24,31H,7-10,12,14H2. The Balaban J connectivity index is 1.14. The van der Waals surface area contributed by atoms with Gasteiger partial charge in [0.05, 0.1) is 35.4 Å². The molecular weight excluding hydrogens is 445 g/mol. The molecule has 2 aliphatic heterocycles. The number of likely N-dealkylation sites (tertiary alicyclic amines) is 1. The van der Waals surface area contributed by atoms with Crippen molar-refractivity contribution in [3.8, 4) is 17.0 Å². The number of aliphatic hydroxyl groups excluding tert-OH is 1. The van der Waals surface area contributed by atoms with Gasteiger partial charge in [0, 0.05) is 24.7 Å². The van der Waals surface area contributed by atoms with E-state index in [2.05, 4.69) is 21.7 Å². The van der Waals surface area contributed by atoms with Crippen LogP contribution in [-0.2, 0) is 4.79 Å². The summed E-state index contributed by atoms with van der Waals surface area (Å²) in [6.07, 6.45) is 5.33. The van der Waals surface area contributed by atoms with Crippen molar-refractivity contribution in [3.05, 3.63) is 71.4 Å². The fourth-order valence-corrected chi connectivity index (χ4v) is 5.10. The maximum absolute atomic E-state index is 13.3. The number of aliphatic hydroxyl groups is 1. The average Bonchev–Trinajstić information content (AvgIpc) is 3.42. The summed E-state index contributed by atoms with van der Waals surface area (Å²) < 4.78 is 20.9. The second kappa shape index (κ2) is 9.15. The molecule has 172 valence electrons. The van der Waals surface area contributed by atoms with Crippen LogP contribution in [0.1, 0.15) is 30.9 Å². The third-order valence-corrected chi connectivity index (χ3v) is 7.04. The van der Waals surface area contributed by atoms with Crippen molar-refractivity contribution in [1.82, 2.24) is 14.5 Å². The number of amides is 1. The van der Waals surface area contributed by atoms with E-state index >= 15 is 0 Å². The Hall–Kier alpha value is -2.90. The van der Waals surface area contributed by atoms with E-state index in [1.807, 2.05) is 24.7 Å². The van der Waals surface area contributed by atoms with E-state index in [1.54, 1.807) is 4.90 Å². The van der Waals surface area contributed by atoms with Crippen molar-refractivity contribution in [2.45, 2.75) is 31.4 Å². The number of rotatable bonds is 6. The van der Waals surface area contributed by atoms with Crippen LogP contribution in [0.25, 0.3) is 11.3 Å². The van der Waals surface area contributed by atoms with Gasteiger partial charge in [-0.2, -0.15) is 0 Å². The number of piperidine rings is 1. The van der Waals surface area contributed by atoms with Crippen molar-refractivity contribution in [2.75, 3.05) is 19.7 Å². The lowest BCUT2D eigenvalue weighted by atomic mass is 9.86. The van der Waals surface area contributed by atoms with Gasteiger partial charge in [-0.1, -0.05) is 35.9 Å². The van der Waals surface area contributed by atoms with Crippen LogP contribution in [0.4, 0.5) is 4.39 Å². The van der Waals surface area contributed by atoms with Crippen LogP contribution in [0, 0.1) is 11.7 Å². The first kappa shape index (κ1) is 21.9. The Bertz CT molecular complexity index is 1160. The zero-order valence-corrected chi connectivity index (χ0v) is 18.8. The summed E-state index contributed by atoms with van der Waals surface area (Å²) in [6, 6.07) is 12.4. The van der Waals surface area contributed by atoms with E-state index in [1.165, 1.54) is 29.3 Å². The summed E-state index contributed by atoms with van der Waals surface area (Å²) >= 11 is 5.75. The largest absolute Gasteiger partial charge is 0.484 e. The van der Waals surface area contributed by atoms with Gasteiger partial charge in [0.15, 0.2) is 6.61 Å². The molecule has 3 aromatic rings. The SMILES string of the molecule is O=C(COc1ccc(F)c(Cl)c1)N1CCC(C(O)CC2c3ccccc3-c3cncn32)CC1. The van der Waals surface area contributed by atoms with E-state index in [-0.39, 0.29) is 29.5 Å². The summed E-state index contributed by atoms with van der Waals surface area (Å²) in [7, 11) is 0. The molecule has 3 heterocycles. The molecule has 1 fully saturated rings. The number of ether oxygens (including phenoxy) is 1. The second-order valence-corrected chi connectivity index (χ2v) is 9.08. The molecule has 0 saturated carbocycles. The first-order chi connectivity index (χ1) is 16.0. The maximum atomic E-state index is 13.3. The van der Waals surface area contributed by atoms with Gasteiger partial charge in [0.1, 0.15) is 11.6 Å². The summed E-state index contributed by atoms with van der Waals surface area (Å²) in [5, 5.41) is 11.0. The smallest absolute Gasteiger partial charge is 0.260 e. The quantitative estimate of drug-likeness (QED) is 0.584. The molecule has 8 heteroatoms. The normalized spacial score (nSPS) is 18.6. The molecule has 2 aromatic carbocycles. The Morgan fingerprint density at radius 3 is 2.82 bits per heavy atom. The molecule has 0 aliphatic carbocycles.